The lowest BCUT2D eigenvalue weighted by Gasteiger charge is -2.22. The molecule has 18 heavy (non-hydrogen) atoms. The van der Waals surface area contributed by atoms with Gasteiger partial charge in [-0.15, -0.1) is 0 Å². The first kappa shape index (κ1) is 12.1. The molecule has 0 fully saturated rings. The van der Waals surface area contributed by atoms with Crippen LogP contribution in [0.5, 0.6) is 0 Å². The predicted molar refractivity (Wildman–Crippen MR) is 75.6 cm³/mol. The van der Waals surface area contributed by atoms with Crippen LogP contribution in [0.2, 0.25) is 0 Å². The molecule has 1 aromatic carbocycles. The van der Waals surface area contributed by atoms with E-state index in [2.05, 4.69) is 34.8 Å². The molecule has 1 atom stereocenters. The summed E-state index contributed by atoms with van der Waals surface area (Å²) < 4.78 is 14.3. The van der Waals surface area contributed by atoms with Crippen LogP contribution in [0.1, 0.15) is 31.7 Å². The van der Waals surface area contributed by atoms with Crippen molar-refractivity contribution in [2.75, 3.05) is 6.54 Å². The summed E-state index contributed by atoms with van der Waals surface area (Å²) in [6.07, 6.45) is 3.02. The Morgan fingerprint density at radius 3 is 2.83 bits per heavy atom. The Hall–Kier alpha value is -0.960. The average molecular weight is 308 g/mol. The van der Waals surface area contributed by atoms with Crippen molar-refractivity contribution in [3.63, 3.8) is 0 Å². The second kappa shape index (κ2) is 4.02. The van der Waals surface area contributed by atoms with Gasteiger partial charge in [-0.2, -0.15) is 0 Å². The second-order valence-corrected chi connectivity index (χ2v) is 6.66. The van der Waals surface area contributed by atoms with Crippen LogP contribution in [0, 0.1) is 11.2 Å². The smallest absolute Gasteiger partial charge is 0.124 e. The van der Waals surface area contributed by atoms with Gasteiger partial charge in [-0.25, -0.2) is 4.39 Å². The number of hydrogen-bond acceptors (Lipinski definition) is 1. The summed E-state index contributed by atoms with van der Waals surface area (Å²) in [5, 5.41) is 0. The van der Waals surface area contributed by atoms with Gasteiger partial charge in [0.25, 0.3) is 0 Å². The molecule has 0 saturated carbocycles. The molecule has 0 N–H and O–H groups in total. The first-order valence-corrected chi connectivity index (χ1v) is 6.96. The summed E-state index contributed by atoms with van der Waals surface area (Å²) >= 11 is 3.37. The van der Waals surface area contributed by atoms with Crippen LogP contribution >= 0.6 is 15.9 Å². The SMILES string of the molecule is CC1(C)CC(c2cc(F)cc(Br)c2)C2=C1CN=C2. The lowest BCUT2D eigenvalue weighted by atomic mass is 9.83. The van der Waals surface area contributed by atoms with Gasteiger partial charge < -0.3 is 0 Å². The van der Waals surface area contributed by atoms with Crippen molar-refractivity contribution in [1.29, 1.82) is 0 Å². The normalized spacial score (nSPS) is 24.8. The molecule has 0 saturated heterocycles. The summed E-state index contributed by atoms with van der Waals surface area (Å²) in [6.45, 7) is 5.33. The fourth-order valence-corrected chi connectivity index (χ4v) is 3.61. The molecule has 0 spiro atoms. The van der Waals surface area contributed by atoms with E-state index < -0.39 is 0 Å². The molecule has 1 heterocycles. The predicted octanol–water partition coefficient (Wildman–Crippen LogP) is 4.48. The zero-order valence-electron chi connectivity index (χ0n) is 10.5. The molecule has 94 valence electrons. The van der Waals surface area contributed by atoms with E-state index in [1.165, 1.54) is 17.2 Å². The molecule has 3 rings (SSSR count). The van der Waals surface area contributed by atoms with Gasteiger partial charge >= 0.3 is 0 Å². The van der Waals surface area contributed by atoms with E-state index in [4.69, 9.17) is 0 Å². The number of hydrogen-bond donors (Lipinski definition) is 0. The Morgan fingerprint density at radius 1 is 1.33 bits per heavy atom. The van der Waals surface area contributed by atoms with E-state index in [9.17, 15) is 4.39 Å². The lowest BCUT2D eigenvalue weighted by Crippen LogP contribution is -2.12. The quantitative estimate of drug-likeness (QED) is 0.725. The number of benzene rings is 1. The molecule has 1 aromatic rings. The molecule has 1 nitrogen and oxygen atoms in total. The monoisotopic (exact) mass is 307 g/mol. The topological polar surface area (TPSA) is 12.4 Å². The molecular weight excluding hydrogens is 293 g/mol. The lowest BCUT2D eigenvalue weighted by molar-refractivity contribution is 0.419. The highest BCUT2D eigenvalue weighted by Gasteiger charge is 2.40. The maximum atomic E-state index is 13.5. The number of nitrogens with zero attached hydrogens (tertiary/aromatic N) is 1. The van der Waals surface area contributed by atoms with Crippen LogP contribution < -0.4 is 0 Å². The van der Waals surface area contributed by atoms with Crippen molar-refractivity contribution in [2.45, 2.75) is 26.2 Å². The van der Waals surface area contributed by atoms with Gasteiger partial charge in [-0.3, -0.25) is 4.99 Å². The maximum Gasteiger partial charge on any atom is 0.124 e. The highest BCUT2D eigenvalue weighted by atomic mass is 79.9. The molecule has 0 amide bonds. The van der Waals surface area contributed by atoms with Crippen LogP contribution in [-0.4, -0.2) is 12.8 Å². The van der Waals surface area contributed by atoms with E-state index in [0.717, 1.165) is 23.0 Å². The third kappa shape index (κ3) is 1.85. The van der Waals surface area contributed by atoms with Crippen molar-refractivity contribution < 1.29 is 4.39 Å². The molecule has 1 unspecified atom stereocenters. The minimum atomic E-state index is -0.179. The third-order valence-corrected chi connectivity index (χ3v) is 4.48. The minimum absolute atomic E-state index is 0.176. The first-order valence-electron chi connectivity index (χ1n) is 6.17. The Bertz CT molecular complexity index is 552. The van der Waals surface area contributed by atoms with Gasteiger partial charge in [0.15, 0.2) is 0 Å². The van der Waals surface area contributed by atoms with E-state index in [0.29, 0.717) is 0 Å². The van der Waals surface area contributed by atoms with Crippen molar-refractivity contribution >= 4 is 22.1 Å². The van der Waals surface area contributed by atoms with Gasteiger partial charge in [-0.1, -0.05) is 29.8 Å². The van der Waals surface area contributed by atoms with E-state index in [1.54, 1.807) is 6.07 Å². The summed E-state index contributed by atoms with van der Waals surface area (Å²) in [5.74, 6) is 0.106. The van der Waals surface area contributed by atoms with Gasteiger partial charge in [-0.05, 0) is 46.7 Å². The van der Waals surface area contributed by atoms with E-state index in [-0.39, 0.29) is 17.2 Å². The van der Waals surface area contributed by atoms with Crippen molar-refractivity contribution in [1.82, 2.24) is 0 Å². The fraction of sp³-hybridized carbons (Fsp3) is 0.400. The minimum Gasteiger partial charge on any atom is -0.288 e. The van der Waals surface area contributed by atoms with Crippen LogP contribution in [0.3, 0.4) is 0 Å². The Kier molecular flexibility index (Phi) is 2.70. The highest BCUT2D eigenvalue weighted by molar-refractivity contribution is 9.10. The number of aliphatic imine (C=N–C) groups is 1. The number of halogens is 2. The fourth-order valence-electron chi connectivity index (χ4n) is 3.13. The van der Waals surface area contributed by atoms with Crippen LogP contribution in [-0.2, 0) is 0 Å². The van der Waals surface area contributed by atoms with Gasteiger partial charge in [0.2, 0.25) is 0 Å². The Morgan fingerprint density at radius 2 is 2.11 bits per heavy atom. The summed E-state index contributed by atoms with van der Waals surface area (Å²) in [4.78, 5) is 4.38. The molecule has 1 aliphatic heterocycles. The zero-order valence-corrected chi connectivity index (χ0v) is 12.1. The number of allylic oxidation sites excluding steroid dienone is 1. The van der Waals surface area contributed by atoms with Gasteiger partial charge in [0, 0.05) is 16.6 Å². The largest absolute Gasteiger partial charge is 0.288 e. The average Bonchev–Trinajstić information content (AvgIpc) is 2.80. The van der Waals surface area contributed by atoms with Crippen LogP contribution in [0.15, 0.2) is 38.8 Å². The maximum absolute atomic E-state index is 13.5. The molecule has 2 aliphatic rings. The van der Waals surface area contributed by atoms with Gasteiger partial charge in [0.1, 0.15) is 5.82 Å². The molecule has 1 aliphatic carbocycles. The van der Waals surface area contributed by atoms with Crippen molar-refractivity contribution in [3.05, 3.63) is 45.2 Å². The van der Waals surface area contributed by atoms with Crippen molar-refractivity contribution in [2.24, 2.45) is 10.4 Å². The molecular formula is C15H15BrFN. The van der Waals surface area contributed by atoms with Crippen LogP contribution in [0.25, 0.3) is 0 Å². The summed E-state index contributed by atoms with van der Waals surface area (Å²) in [6, 6.07) is 5.17. The standard InChI is InChI=1S/C15H15BrFN/c1-15(2)6-12(13-7-18-8-14(13)15)9-3-10(16)5-11(17)4-9/h3-5,7,12H,6,8H2,1-2H3. The van der Waals surface area contributed by atoms with Gasteiger partial charge in [0.05, 0.1) is 6.54 Å². The zero-order chi connectivity index (χ0) is 12.9. The first-order chi connectivity index (χ1) is 8.47. The summed E-state index contributed by atoms with van der Waals surface area (Å²) in [7, 11) is 0. The van der Waals surface area contributed by atoms with E-state index in [1.807, 2.05) is 12.3 Å². The van der Waals surface area contributed by atoms with Crippen LogP contribution in [0.4, 0.5) is 4.39 Å². The van der Waals surface area contributed by atoms with Crippen molar-refractivity contribution in [3.8, 4) is 0 Å². The molecule has 0 aromatic heterocycles. The molecule has 3 heteroatoms. The molecule has 0 bridgehead atoms. The van der Waals surface area contributed by atoms with E-state index >= 15 is 0 Å². The Labute approximate surface area is 115 Å². The second-order valence-electron chi connectivity index (χ2n) is 5.75. The molecule has 0 radical (unpaired) electrons. The highest BCUT2D eigenvalue weighted by Crippen LogP contribution is 2.51. The summed E-state index contributed by atoms with van der Waals surface area (Å²) in [5.41, 5.74) is 3.95. The third-order valence-electron chi connectivity index (χ3n) is 4.02. The number of rotatable bonds is 1. The Balaban J connectivity index is 2.06.